The van der Waals surface area contributed by atoms with Gasteiger partial charge in [0.05, 0.1) is 6.67 Å². The van der Waals surface area contributed by atoms with Crippen molar-refractivity contribution in [1.29, 1.82) is 0 Å². The Bertz CT molecular complexity index is 27.2. The fourth-order valence-electron chi connectivity index (χ4n) is 0.183. The molecule has 0 heterocycles. The normalized spacial score (nSPS) is 10.0. The highest BCUT2D eigenvalue weighted by molar-refractivity contribution is 4.27. The molecule has 0 rings (SSSR count). The van der Waals surface area contributed by atoms with Crippen LogP contribution in [0.3, 0.4) is 0 Å². The molecule has 0 fully saturated rings. The predicted molar refractivity (Wildman–Crippen MR) is 25.9 cm³/mol. The van der Waals surface area contributed by atoms with Crippen molar-refractivity contribution in [1.82, 2.24) is 10.3 Å². The van der Waals surface area contributed by atoms with E-state index in [1.54, 1.807) is 0 Å². The summed E-state index contributed by atoms with van der Waals surface area (Å²) in [5.41, 5.74) is 2.49. The smallest absolute Gasteiger partial charge is 0.0607 e. The summed E-state index contributed by atoms with van der Waals surface area (Å²) in [6.07, 6.45) is 0. The quantitative estimate of drug-likeness (QED) is 0.258. The van der Waals surface area contributed by atoms with Crippen LogP contribution in [0.25, 0.3) is 0 Å². The van der Waals surface area contributed by atoms with E-state index >= 15 is 0 Å². The second-order valence-corrected chi connectivity index (χ2v) is 1.44. The fraction of sp³-hybridized carbons (Fsp3) is 1.00. The largest absolute Gasteiger partial charge is 0.296 e. The van der Waals surface area contributed by atoms with Crippen LogP contribution in [0.15, 0.2) is 0 Å². The molecule has 0 saturated heterocycles. The van der Waals surface area contributed by atoms with Crippen LogP contribution in [-0.4, -0.2) is 25.7 Å². The molecule has 0 unspecified atom stereocenters. The zero-order valence-electron chi connectivity index (χ0n) is 4.23. The molecule has 0 aromatic carbocycles. The zero-order chi connectivity index (χ0) is 4.99. The zero-order valence-corrected chi connectivity index (χ0v) is 4.23. The predicted octanol–water partition coefficient (Wildman–Crippen LogP) is -1.03. The van der Waals surface area contributed by atoms with Crippen molar-refractivity contribution in [3.05, 3.63) is 0 Å². The third kappa shape index (κ3) is 3.88. The Hall–Kier alpha value is -0.120. The lowest BCUT2D eigenvalue weighted by molar-refractivity contribution is 0.373. The van der Waals surface area contributed by atoms with Crippen LogP contribution in [0.4, 0.5) is 0 Å². The van der Waals surface area contributed by atoms with Crippen molar-refractivity contribution in [2.75, 3.05) is 20.8 Å². The van der Waals surface area contributed by atoms with Crippen molar-refractivity contribution in [2.45, 2.75) is 0 Å². The van der Waals surface area contributed by atoms with Gasteiger partial charge in [-0.2, -0.15) is 0 Å². The van der Waals surface area contributed by atoms with Gasteiger partial charge < -0.3 is 0 Å². The molecule has 0 bridgehead atoms. The highest BCUT2D eigenvalue weighted by atomic mass is 15.3. The van der Waals surface area contributed by atoms with Gasteiger partial charge in [0, 0.05) is 0 Å². The number of rotatable bonds is 2. The molecule has 0 spiro atoms. The monoisotopic (exact) mass is 89.1 g/mol. The Balaban J connectivity index is 2.63. The van der Waals surface area contributed by atoms with Gasteiger partial charge in [-0.15, -0.1) is 0 Å². The molecular formula is C3H11N3. The standard InChI is InChI=1S/C3H11N3/c1-6(2)3-5-4/h5H,3-4H2,1-2H3. The average Bonchev–Trinajstić information content (AvgIpc) is 1.35. The Kier molecular flexibility index (Phi) is 3.02. The van der Waals surface area contributed by atoms with Gasteiger partial charge in [-0.1, -0.05) is 0 Å². The lowest BCUT2D eigenvalue weighted by atomic mass is 10.9. The van der Waals surface area contributed by atoms with E-state index in [1.807, 2.05) is 19.0 Å². The van der Waals surface area contributed by atoms with E-state index in [9.17, 15) is 0 Å². The van der Waals surface area contributed by atoms with Gasteiger partial charge in [-0.25, -0.2) is 5.43 Å². The summed E-state index contributed by atoms with van der Waals surface area (Å²) in [5, 5.41) is 0. The van der Waals surface area contributed by atoms with E-state index in [-0.39, 0.29) is 0 Å². The Morgan fingerprint density at radius 3 is 2.17 bits per heavy atom. The summed E-state index contributed by atoms with van der Waals surface area (Å²) in [6, 6.07) is 0. The maximum Gasteiger partial charge on any atom is 0.0607 e. The molecule has 0 aliphatic carbocycles. The molecule has 38 valence electrons. The van der Waals surface area contributed by atoms with Crippen LogP contribution >= 0.6 is 0 Å². The number of hydrogen-bond donors (Lipinski definition) is 2. The van der Waals surface area contributed by atoms with Crippen LogP contribution in [0.2, 0.25) is 0 Å². The fourth-order valence-corrected chi connectivity index (χ4v) is 0.183. The van der Waals surface area contributed by atoms with Crippen LogP contribution in [0, 0.1) is 0 Å². The van der Waals surface area contributed by atoms with Crippen molar-refractivity contribution in [3.8, 4) is 0 Å². The van der Waals surface area contributed by atoms with E-state index in [1.165, 1.54) is 0 Å². The second kappa shape index (κ2) is 3.08. The van der Waals surface area contributed by atoms with E-state index in [4.69, 9.17) is 5.84 Å². The highest BCUT2D eigenvalue weighted by Crippen LogP contribution is 1.59. The molecule has 0 aromatic rings. The van der Waals surface area contributed by atoms with E-state index < -0.39 is 0 Å². The van der Waals surface area contributed by atoms with Crippen LogP contribution in [0.5, 0.6) is 0 Å². The highest BCUT2D eigenvalue weighted by Gasteiger charge is 1.77. The SMILES string of the molecule is CN(C)CNN. The summed E-state index contributed by atoms with van der Waals surface area (Å²) >= 11 is 0. The van der Waals surface area contributed by atoms with Crippen LogP contribution in [0.1, 0.15) is 0 Å². The first kappa shape index (κ1) is 5.88. The summed E-state index contributed by atoms with van der Waals surface area (Å²) in [4.78, 5) is 1.94. The van der Waals surface area contributed by atoms with Gasteiger partial charge in [0.25, 0.3) is 0 Å². The van der Waals surface area contributed by atoms with Gasteiger partial charge in [0.1, 0.15) is 0 Å². The summed E-state index contributed by atoms with van der Waals surface area (Å²) in [5.74, 6) is 4.94. The van der Waals surface area contributed by atoms with Gasteiger partial charge in [0.2, 0.25) is 0 Å². The minimum atomic E-state index is 0.736. The number of nitrogens with two attached hydrogens (primary N) is 1. The molecule has 3 N–H and O–H groups in total. The van der Waals surface area contributed by atoms with Crippen molar-refractivity contribution < 1.29 is 0 Å². The summed E-state index contributed by atoms with van der Waals surface area (Å²) < 4.78 is 0. The molecule has 0 aliphatic rings. The maximum atomic E-state index is 4.94. The number of nitrogens with zero attached hydrogens (tertiary/aromatic N) is 1. The molecule has 0 aliphatic heterocycles. The van der Waals surface area contributed by atoms with Gasteiger partial charge >= 0.3 is 0 Å². The van der Waals surface area contributed by atoms with Crippen molar-refractivity contribution in [2.24, 2.45) is 5.84 Å². The summed E-state index contributed by atoms with van der Waals surface area (Å²) in [6.45, 7) is 0.736. The van der Waals surface area contributed by atoms with Gasteiger partial charge in [-0.3, -0.25) is 10.7 Å². The van der Waals surface area contributed by atoms with Crippen molar-refractivity contribution >= 4 is 0 Å². The molecule has 0 saturated carbocycles. The van der Waals surface area contributed by atoms with E-state index in [2.05, 4.69) is 5.43 Å². The lowest BCUT2D eigenvalue weighted by Gasteiger charge is -2.05. The second-order valence-electron chi connectivity index (χ2n) is 1.44. The number of hydrogen-bond acceptors (Lipinski definition) is 3. The minimum absolute atomic E-state index is 0.736. The molecule has 0 aromatic heterocycles. The third-order valence-corrected chi connectivity index (χ3v) is 0.408. The van der Waals surface area contributed by atoms with Crippen LogP contribution < -0.4 is 11.3 Å². The van der Waals surface area contributed by atoms with E-state index in [0.29, 0.717) is 0 Å². The number of nitrogens with one attached hydrogen (secondary N) is 1. The van der Waals surface area contributed by atoms with E-state index in [0.717, 1.165) is 6.67 Å². The summed E-state index contributed by atoms with van der Waals surface area (Å²) in [7, 11) is 3.89. The van der Waals surface area contributed by atoms with Gasteiger partial charge in [-0.05, 0) is 14.1 Å². The third-order valence-electron chi connectivity index (χ3n) is 0.408. The topological polar surface area (TPSA) is 41.3 Å². The first-order valence-corrected chi connectivity index (χ1v) is 1.85. The van der Waals surface area contributed by atoms with Gasteiger partial charge in [0.15, 0.2) is 0 Å². The molecule has 6 heavy (non-hydrogen) atoms. The van der Waals surface area contributed by atoms with Crippen molar-refractivity contribution in [3.63, 3.8) is 0 Å². The molecule has 0 amide bonds. The molecule has 3 nitrogen and oxygen atoms in total. The minimum Gasteiger partial charge on any atom is -0.296 e. The lowest BCUT2D eigenvalue weighted by Crippen LogP contribution is -2.32. The Labute approximate surface area is 38.1 Å². The Morgan fingerprint density at radius 1 is 1.67 bits per heavy atom. The number of hydrazine groups is 1. The Morgan fingerprint density at radius 2 is 2.17 bits per heavy atom. The first-order valence-electron chi connectivity index (χ1n) is 1.85. The maximum absolute atomic E-state index is 4.94. The molecule has 3 heteroatoms. The van der Waals surface area contributed by atoms with Crippen LogP contribution in [-0.2, 0) is 0 Å². The average molecular weight is 89.1 g/mol. The molecule has 0 radical (unpaired) electrons. The first-order chi connectivity index (χ1) is 2.77. The molecule has 0 atom stereocenters. The molecular weight excluding hydrogens is 78.1 g/mol.